The van der Waals surface area contributed by atoms with Gasteiger partial charge in [0.1, 0.15) is 0 Å². The molecule has 1 atom stereocenters. The highest BCUT2D eigenvalue weighted by Crippen LogP contribution is 2.42. The summed E-state index contributed by atoms with van der Waals surface area (Å²) in [6, 6.07) is 0.445. The van der Waals surface area contributed by atoms with E-state index in [9.17, 15) is 43.3 Å². The minimum absolute atomic E-state index is 0.0973. The zero-order chi connectivity index (χ0) is 20.5. The Morgan fingerprint density at radius 3 is 2.33 bits per heavy atom. The van der Waals surface area contributed by atoms with E-state index in [2.05, 4.69) is 4.98 Å². The van der Waals surface area contributed by atoms with Crippen molar-refractivity contribution in [3.05, 3.63) is 37.7 Å². The molecule has 1 aromatic heterocycles. The zero-order valence-electron chi connectivity index (χ0n) is 13.7. The molecule has 1 unspecified atom stereocenters. The highest BCUT2D eigenvalue weighted by Gasteiger charge is 2.40. The molecule has 1 heterocycles. The van der Waals surface area contributed by atoms with Gasteiger partial charge in [-0.3, -0.25) is 25.0 Å². The van der Waals surface area contributed by atoms with Crippen molar-refractivity contribution in [3.63, 3.8) is 0 Å². The van der Waals surface area contributed by atoms with Crippen LogP contribution in [0.15, 0.2) is 6.07 Å². The summed E-state index contributed by atoms with van der Waals surface area (Å²) < 4.78 is 39.0. The van der Waals surface area contributed by atoms with E-state index in [1.165, 1.54) is 0 Å². The third-order valence-corrected chi connectivity index (χ3v) is 3.92. The smallest absolute Gasteiger partial charge is 0.449 e. The summed E-state index contributed by atoms with van der Waals surface area (Å²) in [6.45, 7) is 1.73. The largest absolute Gasteiger partial charge is 0.481 e. The average molecular weight is 390 g/mol. The molecule has 146 valence electrons. The molecule has 2 rings (SSSR count). The Bertz CT molecular complexity index is 924. The lowest BCUT2D eigenvalue weighted by Gasteiger charge is -2.13. The molecule has 13 heteroatoms. The van der Waals surface area contributed by atoms with Gasteiger partial charge in [-0.15, -0.1) is 0 Å². The molecule has 0 fully saturated rings. The van der Waals surface area contributed by atoms with Crippen molar-refractivity contribution in [1.29, 1.82) is 0 Å². The lowest BCUT2D eigenvalue weighted by Crippen LogP contribution is -2.15. The SMILES string of the molecule is CCCCC(C(=O)O)c1c([N+](=O)[O-])cc([N+](=O)[O-])c2nc(C(F)(F)F)[nH]c12. The van der Waals surface area contributed by atoms with Gasteiger partial charge in [0.15, 0.2) is 5.52 Å². The Morgan fingerprint density at radius 1 is 1.30 bits per heavy atom. The maximum absolute atomic E-state index is 13.0. The normalized spacial score (nSPS) is 12.9. The van der Waals surface area contributed by atoms with Gasteiger partial charge in [-0.1, -0.05) is 19.8 Å². The Kier molecular flexibility index (Phi) is 5.33. The highest BCUT2D eigenvalue weighted by atomic mass is 19.4. The fourth-order valence-corrected chi connectivity index (χ4v) is 2.73. The number of nitro groups is 2. The van der Waals surface area contributed by atoms with Crippen molar-refractivity contribution in [2.45, 2.75) is 38.3 Å². The van der Waals surface area contributed by atoms with Gasteiger partial charge in [0.05, 0.1) is 32.9 Å². The first kappa shape index (κ1) is 20.1. The van der Waals surface area contributed by atoms with E-state index in [0.29, 0.717) is 18.9 Å². The van der Waals surface area contributed by atoms with Crippen LogP contribution in [0.1, 0.15) is 43.5 Å². The van der Waals surface area contributed by atoms with E-state index < -0.39 is 61.7 Å². The van der Waals surface area contributed by atoms with Crippen molar-refractivity contribution in [2.75, 3.05) is 0 Å². The Morgan fingerprint density at radius 2 is 1.89 bits per heavy atom. The van der Waals surface area contributed by atoms with E-state index in [1.54, 1.807) is 11.9 Å². The molecular formula is C14H13F3N4O6. The number of hydrogen-bond donors (Lipinski definition) is 2. The van der Waals surface area contributed by atoms with Crippen LogP contribution < -0.4 is 0 Å². The van der Waals surface area contributed by atoms with Crippen molar-refractivity contribution < 1.29 is 32.9 Å². The topological polar surface area (TPSA) is 152 Å². The third-order valence-electron chi connectivity index (χ3n) is 3.92. The molecule has 0 saturated carbocycles. The molecule has 0 amide bonds. The molecule has 0 radical (unpaired) electrons. The minimum atomic E-state index is -5.01. The molecule has 27 heavy (non-hydrogen) atoms. The number of nitrogens with zero attached hydrogens (tertiary/aromatic N) is 3. The fraction of sp³-hybridized carbons (Fsp3) is 0.429. The van der Waals surface area contributed by atoms with Crippen LogP contribution >= 0.6 is 0 Å². The fourth-order valence-electron chi connectivity index (χ4n) is 2.73. The summed E-state index contributed by atoms with van der Waals surface area (Å²) >= 11 is 0. The van der Waals surface area contributed by atoms with Crippen LogP contribution in [0.5, 0.6) is 0 Å². The Hall–Kier alpha value is -3.25. The summed E-state index contributed by atoms with van der Waals surface area (Å²) in [5.41, 5.74) is -3.99. The number of benzene rings is 1. The van der Waals surface area contributed by atoms with Crippen molar-refractivity contribution >= 4 is 28.4 Å². The van der Waals surface area contributed by atoms with E-state index >= 15 is 0 Å². The number of nitrogens with one attached hydrogen (secondary N) is 1. The van der Waals surface area contributed by atoms with Gasteiger partial charge in [0, 0.05) is 0 Å². The predicted octanol–water partition coefficient (Wildman–Crippen LogP) is 3.76. The molecule has 0 aliphatic rings. The van der Waals surface area contributed by atoms with Crippen LogP contribution in [0, 0.1) is 20.2 Å². The number of carboxylic acids is 1. The molecule has 0 bridgehead atoms. The molecule has 0 aliphatic heterocycles. The van der Waals surface area contributed by atoms with Gasteiger partial charge in [0.2, 0.25) is 5.82 Å². The van der Waals surface area contributed by atoms with Crippen LogP contribution in [0.25, 0.3) is 11.0 Å². The number of aliphatic carboxylic acids is 1. The number of non-ortho nitro benzene ring substituents is 1. The number of unbranched alkanes of at least 4 members (excludes halogenated alkanes) is 1. The maximum Gasteiger partial charge on any atom is 0.449 e. The number of carbonyl (C=O) groups is 1. The van der Waals surface area contributed by atoms with Crippen LogP contribution in [-0.4, -0.2) is 30.9 Å². The number of alkyl halides is 3. The second-order valence-corrected chi connectivity index (χ2v) is 5.68. The maximum atomic E-state index is 13.0. The molecular weight excluding hydrogens is 377 g/mol. The monoisotopic (exact) mass is 390 g/mol. The number of aromatic amines is 1. The predicted molar refractivity (Wildman–Crippen MR) is 84.3 cm³/mol. The van der Waals surface area contributed by atoms with E-state index in [0.717, 1.165) is 0 Å². The summed E-state index contributed by atoms with van der Waals surface area (Å²) in [4.78, 5) is 37.0. The quantitative estimate of drug-likeness (QED) is 0.539. The van der Waals surface area contributed by atoms with Crippen LogP contribution in [0.4, 0.5) is 24.5 Å². The van der Waals surface area contributed by atoms with E-state index in [-0.39, 0.29) is 6.42 Å². The highest BCUT2D eigenvalue weighted by molar-refractivity contribution is 5.95. The molecule has 2 N–H and O–H groups in total. The summed E-state index contributed by atoms with van der Waals surface area (Å²) in [5, 5.41) is 32.0. The number of fused-ring (bicyclic) bond motifs is 1. The van der Waals surface area contributed by atoms with Gasteiger partial charge in [-0.25, -0.2) is 4.98 Å². The van der Waals surface area contributed by atoms with Crippen molar-refractivity contribution in [2.24, 2.45) is 0 Å². The number of halogens is 3. The van der Waals surface area contributed by atoms with Gasteiger partial charge in [-0.05, 0) is 6.42 Å². The molecule has 1 aromatic carbocycles. The average Bonchev–Trinajstić information content (AvgIpc) is 2.99. The summed E-state index contributed by atoms with van der Waals surface area (Å²) in [7, 11) is 0. The lowest BCUT2D eigenvalue weighted by atomic mass is 9.90. The first-order chi connectivity index (χ1) is 12.5. The third kappa shape index (κ3) is 3.80. The second kappa shape index (κ2) is 7.17. The Labute approximate surface area is 148 Å². The number of rotatable bonds is 7. The van der Waals surface area contributed by atoms with Gasteiger partial charge in [0.25, 0.3) is 5.69 Å². The standard InChI is InChI=1S/C14H13F3N4O6/c1-2-3-4-6(12(22)23)9-7(20(24)25)5-8(21(26)27)10-11(9)19-13(18-10)14(15,16)17/h5-6H,2-4H2,1H3,(H,18,19)(H,22,23). The number of carboxylic acid groups (broad SMARTS) is 1. The van der Waals surface area contributed by atoms with Crippen LogP contribution in [0.2, 0.25) is 0 Å². The molecule has 0 saturated heterocycles. The van der Waals surface area contributed by atoms with E-state index in [4.69, 9.17) is 0 Å². The number of H-pyrrole nitrogens is 1. The van der Waals surface area contributed by atoms with Gasteiger partial charge >= 0.3 is 17.8 Å². The van der Waals surface area contributed by atoms with Crippen molar-refractivity contribution in [3.8, 4) is 0 Å². The number of nitro benzene ring substituents is 2. The lowest BCUT2D eigenvalue weighted by molar-refractivity contribution is -0.393. The van der Waals surface area contributed by atoms with Crippen molar-refractivity contribution in [1.82, 2.24) is 9.97 Å². The summed E-state index contributed by atoms with van der Waals surface area (Å²) in [6.07, 6.45) is -4.25. The first-order valence-corrected chi connectivity index (χ1v) is 7.64. The number of imidazole rings is 1. The van der Waals surface area contributed by atoms with Gasteiger partial charge in [-0.2, -0.15) is 13.2 Å². The molecule has 0 aliphatic carbocycles. The van der Waals surface area contributed by atoms with Crippen LogP contribution in [0.3, 0.4) is 0 Å². The van der Waals surface area contributed by atoms with E-state index in [1.807, 2.05) is 0 Å². The van der Waals surface area contributed by atoms with Gasteiger partial charge < -0.3 is 10.1 Å². The second-order valence-electron chi connectivity index (χ2n) is 5.68. The van der Waals surface area contributed by atoms with Crippen LogP contribution in [-0.2, 0) is 11.0 Å². The zero-order valence-corrected chi connectivity index (χ0v) is 13.7. The first-order valence-electron chi connectivity index (χ1n) is 7.64. The summed E-state index contributed by atoms with van der Waals surface area (Å²) in [5.74, 6) is -4.64. The Balaban J connectivity index is 2.94. The number of aromatic nitrogens is 2. The number of hydrogen-bond acceptors (Lipinski definition) is 6. The molecule has 0 spiro atoms. The molecule has 2 aromatic rings. The minimum Gasteiger partial charge on any atom is -0.481 e. The molecule has 10 nitrogen and oxygen atoms in total.